The van der Waals surface area contributed by atoms with Gasteiger partial charge in [0.1, 0.15) is 12.4 Å². The number of carbonyl (C=O) groups is 1. The van der Waals surface area contributed by atoms with Crippen LogP contribution in [-0.2, 0) is 11.3 Å². The molecule has 24 heavy (non-hydrogen) atoms. The Balaban J connectivity index is 2.29. The van der Waals surface area contributed by atoms with Crippen LogP contribution < -0.4 is 10.9 Å². The maximum Gasteiger partial charge on any atom is 0.254 e. The van der Waals surface area contributed by atoms with Crippen molar-refractivity contribution in [2.75, 3.05) is 6.54 Å². The molecule has 0 radical (unpaired) electrons. The largest absolute Gasteiger partial charge is 0.355 e. The van der Waals surface area contributed by atoms with E-state index in [9.17, 15) is 9.59 Å². The van der Waals surface area contributed by atoms with E-state index in [2.05, 4.69) is 24.1 Å². The zero-order chi connectivity index (χ0) is 17.7. The summed E-state index contributed by atoms with van der Waals surface area (Å²) in [4.78, 5) is 28.9. The minimum Gasteiger partial charge on any atom is -0.355 e. The van der Waals surface area contributed by atoms with E-state index in [-0.39, 0.29) is 18.0 Å². The van der Waals surface area contributed by atoms with E-state index in [1.165, 1.54) is 10.6 Å². The number of hydrogen-bond acceptors (Lipinski definition) is 3. The van der Waals surface area contributed by atoms with Crippen LogP contribution in [0.4, 0.5) is 0 Å². The number of halogens is 1. The molecule has 0 aliphatic carbocycles. The van der Waals surface area contributed by atoms with Gasteiger partial charge >= 0.3 is 0 Å². The van der Waals surface area contributed by atoms with E-state index >= 15 is 0 Å². The van der Waals surface area contributed by atoms with Crippen molar-refractivity contribution in [3.05, 3.63) is 51.4 Å². The van der Waals surface area contributed by atoms with Crippen molar-refractivity contribution in [3.63, 3.8) is 0 Å². The number of hydrogen-bond donors (Lipinski definition) is 1. The summed E-state index contributed by atoms with van der Waals surface area (Å²) < 4.78 is 1.38. The van der Waals surface area contributed by atoms with E-state index in [4.69, 9.17) is 11.6 Å². The summed E-state index contributed by atoms with van der Waals surface area (Å²) in [7, 11) is 0. The van der Waals surface area contributed by atoms with Gasteiger partial charge in [0, 0.05) is 28.9 Å². The molecule has 0 spiro atoms. The van der Waals surface area contributed by atoms with Gasteiger partial charge in [0.05, 0.1) is 0 Å². The number of benzene rings is 1. The number of nitrogens with one attached hydrogen (secondary N) is 1. The van der Waals surface area contributed by atoms with E-state index in [0.29, 0.717) is 34.6 Å². The smallest absolute Gasteiger partial charge is 0.254 e. The molecule has 1 aromatic heterocycles. The minimum atomic E-state index is -0.253. The van der Waals surface area contributed by atoms with E-state index in [1.807, 2.05) is 6.07 Å². The average molecular weight is 348 g/mol. The molecule has 0 aliphatic rings. The molecule has 0 bridgehead atoms. The van der Waals surface area contributed by atoms with Crippen LogP contribution in [0.1, 0.15) is 26.0 Å². The zero-order valence-corrected chi connectivity index (χ0v) is 14.9. The molecule has 2 rings (SSSR count). The third kappa shape index (κ3) is 4.93. The normalized spacial score (nSPS) is 10.9. The van der Waals surface area contributed by atoms with Crippen molar-refractivity contribution < 1.29 is 4.79 Å². The van der Waals surface area contributed by atoms with Crippen LogP contribution in [0.25, 0.3) is 11.4 Å². The summed E-state index contributed by atoms with van der Waals surface area (Å²) in [6, 6.07) is 8.52. The molecular formula is C18H22ClN3O2. The standard InChI is InChI=1S/C18H22ClN3O2/c1-12(2)7-8-20-16(23)11-22-17(24)9-13(3)21-18(22)14-5-4-6-15(19)10-14/h4-6,9-10,12H,7-8,11H2,1-3H3,(H,20,23). The van der Waals surface area contributed by atoms with Gasteiger partial charge in [-0.3, -0.25) is 14.2 Å². The fourth-order valence-electron chi connectivity index (χ4n) is 2.32. The fraction of sp³-hybridized carbons (Fsp3) is 0.389. The molecule has 6 heteroatoms. The molecule has 0 saturated heterocycles. The SMILES string of the molecule is Cc1cc(=O)n(CC(=O)NCCC(C)C)c(-c2cccc(Cl)c2)n1. The molecule has 0 fully saturated rings. The number of nitrogens with zero attached hydrogens (tertiary/aromatic N) is 2. The third-order valence-corrected chi connectivity index (χ3v) is 3.80. The van der Waals surface area contributed by atoms with Gasteiger partial charge in [-0.05, 0) is 31.4 Å². The Morgan fingerprint density at radius 3 is 2.75 bits per heavy atom. The van der Waals surface area contributed by atoms with Crippen molar-refractivity contribution in [1.29, 1.82) is 0 Å². The molecule has 5 nitrogen and oxygen atoms in total. The van der Waals surface area contributed by atoms with E-state index < -0.39 is 0 Å². The molecule has 0 aliphatic heterocycles. The highest BCUT2D eigenvalue weighted by Gasteiger charge is 2.13. The summed E-state index contributed by atoms with van der Waals surface area (Å²) >= 11 is 6.04. The third-order valence-electron chi connectivity index (χ3n) is 3.56. The highest BCUT2D eigenvalue weighted by atomic mass is 35.5. The van der Waals surface area contributed by atoms with Crippen LogP contribution in [0, 0.1) is 12.8 Å². The summed E-state index contributed by atoms with van der Waals surface area (Å²) in [5, 5.41) is 3.39. The maximum atomic E-state index is 12.3. The molecule has 1 heterocycles. The molecule has 128 valence electrons. The molecule has 1 amide bonds. The Kier molecular flexibility index (Phi) is 6.15. The van der Waals surface area contributed by atoms with Crippen LogP contribution in [0.15, 0.2) is 35.1 Å². The summed E-state index contributed by atoms with van der Waals surface area (Å²) in [5.41, 5.74) is 1.06. The van der Waals surface area contributed by atoms with Crippen LogP contribution in [0.5, 0.6) is 0 Å². The van der Waals surface area contributed by atoms with Crippen LogP contribution >= 0.6 is 11.6 Å². The molecule has 1 N–H and O–H groups in total. The first-order valence-corrected chi connectivity index (χ1v) is 8.35. The van der Waals surface area contributed by atoms with Crippen molar-refractivity contribution in [2.45, 2.75) is 33.7 Å². The number of amides is 1. The molecule has 0 atom stereocenters. The second-order valence-electron chi connectivity index (χ2n) is 6.19. The Labute approximate surface area is 146 Å². The number of rotatable bonds is 6. The van der Waals surface area contributed by atoms with E-state index in [0.717, 1.165) is 6.42 Å². The average Bonchev–Trinajstić information content (AvgIpc) is 2.49. The lowest BCUT2D eigenvalue weighted by molar-refractivity contribution is -0.121. The Hall–Kier alpha value is -2.14. The molecule has 2 aromatic rings. The fourth-order valence-corrected chi connectivity index (χ4v) is 2.51. The number of carbonyl (C=O) groups excluding carboxylic acids is 1. The lowest BCUT2D eigenvalue weighted by Gasteiger charge is -2.13. The highest BCUT2D eigenvalue weighted by molar-refractivity contribution is 6.30. The van der Waals surface area contributed by atoms with Gasteiger partial charge < -0.3 is 5.32 Å². The minimum absolute atomic E-state index is 0.0634. The zero-order valence-electron chi connectivity index (χ0n) is 14.2. The van der Waals surface area contributed by atoms with Gasteiger partial charge in [-0.1, -0.05) is 37.6 Å². The molecule has 0 unspecified atom stereocenters. The predicted molar refractivity (Wildman–Crippen MR) is 96.1 cm³/mol. The predicted octanol–water partition coefficient (Wildman–Crippen LogP) is 3.03. The van der Waals surface area contributed by atoms with Gasteiger partial charge in [-0.2, -0.15) is 0 Å². The Morgan fingerprint density at radius 2 is 2.08 bits per heavy atom. The summed E-state index contributed by atoms with van der Waals surface area (Å²) in [5.74, 6) is 0.754. The van der Waals surface area contributed by atoms with Crippen LogP contribution in [0.3, 0.4) is 0 Å². The van der Waals surface area contributed by atoms with Crippen molar-refractivity contribution in [1.82, 2.24) is 14.9 Å². The number of aryl methyl sites for hydroxylation is 1. The second-order valence-corrected chi connectivity index (χ2v) is 6.62. The first-order chi connectivity index (χ1) is 11.4. The van der Waals surface area contributed by atoms with Gasteiger partial charge in [-0.25, -0.2) is 4.98 Å². The first-order valence-electron chi connectivity index (χ1n) is 7.98. The lowest BCUT2D eigenvalue weighted by Crippen LogP contribution is -2.34. The van der Waals surface area contributed by atoms with Gasteiger partial charge in [-0.15, -0.1) is 0 Å². The summed E-state index contributed by atoms with van der Waals surface area (Å²) in [6.45, 7) is 6.47. The topological polar surface area (TPSA) is 64.0 Å². The molecular weight excluding hydrogens is 326 g/mol. The highest BCUT2D eigenvalue weighted by Crippen LogP contribution is 2.20. The quantitative estimate of drug-likeness (QED) is 0.873. The van der Waals surface area contributed by atoms with Gasteiger partial charge in [0.15, 0.2) is 0 Å². The van der Waals surface area contributed by atoms with Crippen molar-refractivity contribution >= 4 is 17.5 Å². The first kappa shape index (κ1) is 18.2. The second kappa shape index (κ2) is 8.11. The molecule has 0 saturated carbocycles. The summed E-state index contributed by atoms with van der Waals surface area (Å²) in [6.07, 6.45) is 0.897. The van der Waals surface area contributed by atoms with Crippen molar-refractivity contribution in [2.24, 2.45) is 5.92 Å². The lowest BCUT2D eigenvalue weighted by atomic mass is 10.1. The maximum absolute atomic E-state index is 12.3. The van der Waals surface area contributed by atoms with Crippen LogP contribution in [0.2, 0.25) is 5.02 Å². The van der Waals surface area contributed by atoms with Gasteiger partial charge in [0.2, 0.25) is 5.91 Å². The monoisotopic (exact) mass is 347 g/mol. The van der Waals surface area contributed by atoms with Crippen molar-refractivity contribution in [3.8, 4) is 11.4 Å². The van der Waals surface area contributed by atoms with Gasteiger partial charge in [0.25, 0.3) is 5.56 Å². The van der Waals surface area contributed by atoms with E-state index in [1.54, 1.807) is 25.1 Å². The Morgan fingerprint density at radius 1 is 1.33 bits per heavy atom. The number of aromatic nitrogens is 2. The van der Waals surface area contributed by atoms with Crippen LogP contribution in [-0.4, -0.2) is 22.0 Å². The molecule has 1 aromatic carbocycles. The Bertz CT molecular complexity index is 784.